The van der Waals surface area contributed by atoms with Crippen molar-refractivity contribution in [3.63, 3.8) is 0 Å². The van der Waals surface area contributed by atoms with E-state index in [1.165, 1.54) is 12.8 Å². The normalized spacial score (nSPS) is 16.5. The summed E-state index contributed by atoms with van der Waals surface area (Å²) in [6, 6.07) is 1.80. The molecule has 1 aromatic heterocycles. The summed E-state index contributed by atoms with van der Waals surface area (Å²) in [7, 11) is 0. The van der Waals surface area contributed by atoms with Crippen LogP contribution in [0.2, 0.25) is 5.15 Å². The first-order chi connectivity index (χ1) is 5.79. The van der Waals surface area contributed by atoms with Crippen LogP contribution < -0.4 is 0 Å². The molecule has 1 aliphatic carbocycles. The van der Waals surface area contributed by atoms with Gasteiger partial charge in [-0.2, -0.15) is 0 Å². The van der Waals surface area contributed by atoms with Gasteiger partial charge in [0, 0.05) is 12.0 Å². The molecule has 2 nitrogen and oxygen atoms in total. The van der Waals surface area contributed by atoms with Crippen LogP contribution in [0.25, 0.3) is 0 Å². The third-order valence-corrected chi connectivity index (χ3v) is 2.66. The Hall–Kier alpha value is -0.280. The Morgan fingerprint density at radius 3 is 2.83 bits per heavy atom. The van der Waals surface area contributed by atoms with Crippen molar-refractivity contribution in [2.75, 3.05) is 6.26 Å². The summed E-state index contributed by atoms with van der Waals surface area (Å²) in [6.45, 7) is 0. The van der Waals surface area contributed by atoms with E-state index in [1.807, 2.05) is 6.26 Å². The van der Waals surface area contributed by atoms with Gasteiger partial charge in [-0.25, -0.2) is 9.97 Å². The molecule has 0 radical (unpaired) electrons. The maximum atomic E-state index is 5.84. The van der Waals surface area contributed by atoms with Gasteiger partial charge in [-0.15, -0.1) is 11.8 Å². The molecule has 64 valence electrons. The second-order valence-corrected chi connectivity index (χ2v) is 4.08. The first kappa shape index (κ1) is 8.32. The van der Waals surface area contributed by atoms with E-state index in [0.29, 0.717) is 11.1 Å². The highest BCUT2D eigenvalue weighted by atomic mass is 35.5. The minimum absolute atomic E-state index is 0.566. The van der Waals surface area contributed by atoms with E-state index < -0.39 is 0 Å². The van der Waals surface area contributed by atoms with Gasteiger partial charge in [0.25, 0.3) is 0 Å². The fourth-order valence-electron chi connectivity index (χ4n) is 1.04. The molecule has 1 aromatic rings. The predicted molar refractivity (Wildman–Crippen MR) is 50.8 cm³/mol. The average molecular weight is 201 g/mol. The Morgan fingerprint density at radius 1 is 1.50 bits per heavy atom. The van der Waals surface area contributed by atoms with Crippen LogP contribution in [0.5, 0.6) is 0 Å². The molecule has 0 atom stereocenters. The number of halogens is 1. The first-order valence-electron chi connectivity index (χ1n) is 3.88. The van der Waals surface area contributed by atoms with Gasteiger partial charge < -0.3 is 0 Å². The van der Waals surface area contributed by atoms with Crippen molar-refractivity contribution in [3.8, 4) is 0 Å². The molecule has 0 N–H and O–H groups in total. The highest BCUT2D eigenvalue weighted by molar-refractivity contribution is 7.98. The number of rotatable bonds is 2. The molecular formula is C8H9ClN2S. The summed E-state index contributed by atoms with van der Waals surface area (Å²) in [4.78, 5) is 8.57. The van der Waals surface area contributed by atoms with Gasteiger partial charge in [-0.3, -0.25) is 0 Å². The molecule has 4 heteroatoms. The van der Waals surface area contributed by atoms with E-state index in [1.54, 1.807) is 17.8 Å². The summed E-state index contributed by atoms with van der Waals surface area (Å²) >= 11 is 7.44. The van der Waals surface area contributed by atoms with Crippen molar-refractivity contribution in [3.05, 3.63) is 17.0 Å². The van der Waals surface area contributed by atoms with Crippen molar-refractivity contribution in [1.29, 1.82) is 0 Å². The van der Waals surface area contributed by atoms with E-state index in [9.17, 15) is 0 Å². The summed E-state index contributed by atoms with van der Waals surface area (Å²) in [5.74, 6) is 1.50. The van der Waals surface area contributed by atoms with Crippen LogP contribution in [-0.4, -0.2) is 16.2 Å². The van der Waals surface area contributed by atoms with Crippen molar-refractivity contribution in [2.45, 2.75) is 23.8 Å². The summed E-state index contributed by atoms with van der Waals surface area (Å²) < 4.78 is 0. The molecular weight excluding hydrogens is 192 g/mol. The lowest BCUT2D eigenvalue weighted by Gasteiger charge is -2.00. The highest BCUT2D eigenvalue weighted by Gasteiger charge is 2.27. The van der Waals surface area contributed by atoms with Crippen molar-refractivity contribution < 1.29 is 0 Å². The third kappa shape index (κ3) is 1.72. The summed E-state index contributed by atoms with van der Waals surface area (Å²) in [6.07, 6.45) is 4.43. The van der Waals surface area contributed by atoms with Gasteiger partial charge in [0.15, 0.2) is 0 Å². The van der Waals surface area contributed by atoms with Gasteiger partial charge in [0.1, 0.15) is 16.0 Å². The second kappa shape index (κ2) is 3.23. The Kier molecular flexibility index (Phi) is 2.24. The number of thioether (sulfide) groups is 1. The Bertz CT molecular complexity index is 299. The molecule has 0 amide bonds. The van der Waals surface area contributed by atoms with Gasteiger partial charge >= 0.3 is 0 Å². The number of nitrogens with zero attached hydrogens (tertiary/aromatic N) is 2. The zero-order valence-electron chi connectivity index (χ0n) is 6.75. The molecule has 1 aliphatic rings. The van der Waals surface area contributed by atoms with Crippen molar-refractivity contribution in [1.82, 2.24) is 9.97 Å². The zero-order valence-corrected chi connectivity index (χ0v) is 8.32. The quantitative estimate of drug-likeness (QED) is 0.543. The van der Waals surface area contributed by atoms with Gasteiger partial charge in [0.2, 0.25) is 0 Å². The minimum Gasteiger partial charge on any atom is -0.226 e. The molecule has 1 saturated carbocycles. The SMILES string of the molecule is CSc1cc(Cl)nc(C2CC2)n1. The molecule has 0 aromatic carbocycles. The molecule has 1 fully saturated rings. The monoisotopic (exact) mass is 200 g/mol. The van der Waals surface area contributed by atoms with Crippen LogP contribution >= 0.6 is 23.4 Å². The lowest BCUT2D eigenvalue weighted by atomic mass is 10.4. The summed E-state index contributed by atoms with van der Waals surface area (Å²) in [5.41, 5.74) is 0. The van der Waals surface area contributed by atoms with Crippen LogP contribution in [0, 0.1) is 0 Å². The van der Waals surface area contributed by atoms with Gasteiger partial charge in [-0.05, 0) is 19.1 Å². The molecule has 0 unspecified atom stereocenters. The topological polar surface area (TPSA) is 25.8 Å². The third-order valence-electron chi connectivity index (χ3n) is 1.84. The lowest BCUT2D eigenvalue weighted by molar-refractivity contribution is 0.879. The van der Waals surface area contributed by atoms with Crippen LogP contribution in [0.3, 0.4) is 0 Å². The number of hydrogen-bond donors (Lipinski definition) is 0. The highest BCUT2D eigenvalue weighted by Crippen LogP contribution is 2.38. The van der Waals surface area contributed by atoms with E-state index in [0.717, 1.165) is 10.9 Å². The molecule has 0 saturated heterocycles. The molecule has 0 spiro atoms. The van der Waals surface area contributed by atoms with Crippen LogP contribution in [0.1, 0.15) is 24.6 Å². The molecule has 0 bridgehead atoms. The van der Waals surface area contributed by atoms with Crippen molar-refractivity contribution >= 4 is 23.4 Å². The van der Waals surface area contributed by atoms with E-state index >= 15 is 0 Å². The molecule has 12 heavy (non-hydrogen) atoms. The Labute approximate surface area is 80.8 Å². The zero-order chi connectivity index (χ0) is 8.55. The number of aromatic nitrogens is 2. The largest absolute Gasteiger partial charge is 0.226 e. The van der Waals surface area contributed by atoms with E-state index in [2.05, 4.69) is 9.97 Å². The maximum absolute atomic E-state index is 5.84. The standard InChI is InChI=1S/C8H9ClN2S/c1-12-7-4-6(9)10-8(11-7)5-2-3-5/h4-5H,2-3H2,1H3. The van der Waals surface area contributed by atoms with Gasteiger partial charge in [-0.1, -0.05) is 11.6 Å². The smallest absolute Gasteiger partial charge is 0.134 e. The first-order valence-corrected chi connectivity index (χ1v) is 5.48. The Morgan fingerprint density at radius 2 is 2.25 bits per heavy atom. The Balaban J connectivity index is 2.34. The minimum atomic E-state index is 0.566. The average Bonchev–Trinajstić information content (AvgIpc) is 2.85. The predicted octanol–water partition coefficient (Wildman–Crippen LogP) is 2.73. The molecule has 2 rings (SSSR count). The van der Waals surface area contributed by atoms with E-state index in [4.69, 9.17) is 11.6 Å². The fraction of sp³-hybridized carbons (Fsp3) is 0.500. The van der Waals surface area contributed by atoms with Gasteiger partial charge in [0.05, 0.1) is 0 Å². The van der Waals surface area contributed by atoms with Crippen LogP contribution in [-0.2, 0) is 0 Å². The van der Waals surface area contributed by atoms with Crippen LogP contribution in [0.4, 0.5) is 0 Å². The van der Waals surface area contributed by atoms with Crippen LogP contribution in [0.15, 0.2) is 11.1 Å². The summed E-state index contributed by atoms with van der Waals surface area (Å²) in [5, 5.41) is 1.54. The fourth-order valence-corrected chi connectivity index (χ4v) is 1.71. The molecule has 0 aliphatic heterocycles. The van der Waals surface area contributed by atoms with E-state index in [-0.39, 0.29) is 0 Å². The lowest BCUT2D eigenvalue weighted by Crippen LogP contribution is -1.93. The maximum Gasteiger partial charge on any atom is 0.134 e. The second-order valence-electron chi connectivity index (χ2n) is 2.87. The van der Waals surface area contributed by atoms with Crippen molar-refractivity contribution in [2.24, 2.45) is 0 Å². The molecule has 1 heterocycles. The number of hydrogen-bond acceptors (Lipinski definition) is 3.